The van der Waals surface area contributed by atoms with Gasteiger partial charge in [0, 0.05) is 11.1 Å². The van der Waals surface area contributed by atoms with Gasteiger partial charge in [-0.15, -0.1) is 0 Å². The number of carbonyl (C=O) groups excluding carboxylic acids is 2. The van der Waals surface area contributed by atoms with Crippen LogP contribution in [0.1, 0.15) is 70.7 Å². The summed E-state index contributed by atoms with van der Waals surface area (Å²) in [6.07, 6.45) is 0.918. The molecule has 0 saturated carbocycles. The SMILES string of the molecule is CCc1ccc(C(=O)NNC(=O)c2cc(C)cc(C)c2C(C)(C)C)cc1. The Morgan fingerprint density at radius 2 is 1.50 bits per heavy atom. The number of nitrogens with one attached hydrogen (secondary N) is 2. The molecule has 2 N–H and O–H groups in total. The highest BCUT2D eigenvalue weighted by molar-refractivity contribution is 6.00. The Hall–Kier alpha value is -2.62. The van der Waals surface area contributed by atoms with Gasteiger partial charge in [-0.1, -0.05) is 51.5 Å². The Morgan fingerprint density at radius 3 is 2.04 bits per heavy atom. The van der Waals surface area contributed by atoms with Gasteiger partial charge in [0.2, 0.25) is 0 Å². The molecule has 0 saturated heterocycles. The molecule has 0 aliphatic rings. The molecule has 0 fully saturated rings. The van der Waals surface area contributed by atoms with E-state index in [0.29, 0.717) is 11.1 Å². The van der Waals surface area contributed by atoms with E-state index < -0.39 is 0 Å². The Kier molecular flexibility index (Phi) is 5.86. The molecular formula is C22H28N2O2. The van der Waals surface area contributed by atoms with Crippen LogP contribution >= 0.6 is 0 Å². The number of hydrogen-bond donors (Lipinski definition) is 2. The summed E-state index contributed by atoms with van der Waals surface area (Å²) in [4.78, 5) is 25.0. The molecule has 26 heavy (non-hydrogen) atoms. The topological polar surface area (TPSA) is 58.2 Å². The molecule has 0 bridgehead atoms. The fourth-order valence-corrected chi connectivity index (χ4v) is 3.29. The predicted octanol–water partition coefficient (Wildman–Crippen LogP) is 4.24. The fraction of sp³-hybridized carbons (Fsp3) is 0.364. The highest BCUT2D eigenvalue weighted by Gasteiger charge is 2.24. The Bertz CT molecular complexity index is 815. The number of benzene rings is 2. The van der Waals surface area contributed by atoms with Crippen LogP contribution < -0.4 is 10.9 Å². The first-order valence-corrected chi connectivity index (χ1v) is 8.94. The molecule has 2 aromatic carbocycles. The van der Waals surface area contributed by atoms with E-state index in [1.54, 1.807) is 12.1 Å². The number of carbonyl (C=O) groups is 2. The minimum Gasteiger partial charge on any atom is -0.267 e. The molecule has 4 heteroatoms. The Morgan fingerprint density at radius 1 is 0.923 bits per heavy atom. The standard InChI is InChI=1S/C22H28N2O2/c1-7-16-8-10-17(11-9-16)20(25)23-24-21(26)18-13-14(2)12-15(3)19(18)22(4,5)6/h8-13H,7H2,1-6H3,(H,23,25)(H,24,26). The van der Waals surface area contributed by atoms with Gasteiger partial charge in [0.15, 0.2) is 0 Å². The zero-order valence-corrected chi connectivity index (χ0v) is 16.5. The van der Waals surface area contributed by atoms with Crippen molar-refractivity contribution in [3.05, 3.63) is 69.8 Å². The van der Waals surface area contributed by atoms with Gasteiger partial charge in [-0.25, -0.2) is 0 Å². The number of aryl methyl sites for hydroxylation is 3. The van der Waals surface area contributed by atoms with Crippen molar-refractivity contribution in [1.29, 1.82) is 0 Å². The van der Waals surface area contributed by atoms with Gasteiger partial charge in [-0.2, -0.15) is 0 Å². The lowest BCUT2D eigenvalue weighted by atomic mass is 9.80. The van der Waals surface area contributed by atoms with Crippen LogP contribution in [0.2, 0.25) is 0 Å². The third kappa shape index (κ3) is 4.51. The van der Waals surface area contributed by atoms with Gasteiger partial charge in [0.1, 0.15) is 0 Å². The highest BCUT2D eigenvalue weighted by atomic mass is 16.2. The van der Waals surface area contributed by atoms with Gasteiger partial charge < -0.3 is 0 Å². The predicted molar refractivity (Wildman–Crippen MR) is 105 cm³/mol. The van der Waals surface area contributed by atoms with E-state index in [0.717, 1.165) is 28.7 Å². The van der Waals surface area contributed by atoms with Crippen molar-refractivity contribution >= 4 is 11.8 Å². The number of rotatable bonds is 3. The molecule has 0 atom stereocenters. The monoisotopic (exact) mass is 352 g/mol. The summed E-state index contributed by atoms with van der Waals surface area (Å²) < 4.78 is 0. The van der Waals surface area contributed by atoms with Crippen molar-refractivity contribution in [2.75, 3.05) is 0 Å². The summed E-state index contributed by atoms with van der Waals surface area (Å²) >= 11 is 0. The maximum absolute atomic E-state index is 12.7. The van der Waals surface area contributed by atoms with Crippen LogP contribution in [0.4, 0.5) is 0 Å². The van der Waals surface area contributed by atoms with Crippen LogP contribution in [0, 0.1) is 13.8 Å². The molecule has 0 spiro atoms. The maximum Gasteiger partial charge on any atom is 0.270 e. The lowest BCUT2D eigenvalue weighted by Crippen LogP contribution is -2.42. The van der Waals surface area contributed by atoms with E-state index >= 15 is 0 Å². The third-order valence-electron chi connectivity index (χ3n) is 4.39. The molecule has 0 aliphatic carbocycles. The van der Waals surface area contributed by atoms with Crippen LogP contribution in [-0.4, -0.2) is 11.8 Å². The Labute approximate surface area is 156 Å². The van der Waals surface area contributed by atoms with E-state index in [4.69, 9.17) is 0 Å². The summed E-state index contributed by atoms with van der Waals surface area (Å²) in [5.74, 6) is -0.636. The summed E-state index contributed by atoms with van der Waals surface area (Å²) in [5.41, 5.74) is 10.2. The lowest BCUT2D eigenvalue weighted by Gasteiger charge is -2.25. The zero-order chi connectivity index (χ0) is 19.5. The van der Waals surface area contributed by atoms with Crippen LogP contribution in [-0.2, 0) is 11.8 Å². The molecule has 0 heterocycles. The molecule has 2 rings (SSSR count). The number of hydrazine groups is 1. The molecule has 0 unspecified atom stereocenters. The molecule has 2 aromatic rings. The second kappa shape index (κ2) is 7.73. The third-order valence-corrected chi connectivity index (χ3v) is 4.39. The second-order valence-electron chi connectivity index (χ2n) is 7.71. The fourth-order valence-electron chi connectivity index (χ4n) is 3.29. The summed E-state index contributed by atoms with van der Waals surface area (Å²) in [7, 11) is 0. The molecule has 4 nitrogen and oxygen atoms in total. The van der Waals surface area contributed by atoms with Crippen molar-refractivity contribution in [3.8, 4) is 0 Å². The molecule has 0 aromatic heterocycles. The smallest absolute Gasteiger partial charge is 0.267 e. The molecule has 0 radical (unpaired) electrons. The van der Waals surface area contributed by atoms with E-state index in [1.165, 1.54) is 0 Å². The molecule has 138 valence electrons. The molecule has 2 amide bonds. The van der Waals surface area contributed by atoms with Crippen molar-refractivity contribution < 1.29 is 9.59 Å². The van der Waals surface area contributed by atoms with Gasteiger partial charge in [-0.05, 0) is 60.6 Å². The average Bonchev–Trinajstić information content (AvgIpc) is 2.57. The quantitative estimate of drug-likeness (QED) is 0.812. The van der Waals surface area contributed by atoms with Crippen LogP contribution in [0.15, 0.2) is 36.4 Å². The highest BCUT2D eigenvalue weighted by Crippen LogP contribution is 2.30. The van der Waals surface area contributed by atoms with Crippen molar-refractivity contribution in [2.45, 2.75) is 53.4 Å². The average molecular weight is 352 g/mol. The van der Waals surface area contributed by atoms with Crippen LogP contribution in [0.5, 0.6) is 0 Å². The lowest BCUT2D eigenvalue weighted by molar-refractivity contribution is 0.0845. The summed E-state index contributed by atoms with van der Waals surface area (Å²) in [6, 6.07) is 11.3. The zero-order valence-electron chi connectivity index (χ0n) is 16.5. The number of amides is 2. The van der Waals surface area contributed by atoms with E-state index in [-0.39, 0.29) is 17.2 Å². The van der Waals surface area contributed by atoms with Gasteiger partial charge in [0.05, 0.1) is 0 Å². The largest absolute Gasteiger partial charge is 0.270 e. The van der Waals surface area contributed by atoms with Crippen LogP contribution in [0.3, 0.4) is 0 Å². The van der Waals surface area contributed by atoms with Crippen molar-refractivity contribution in [2.24, 2.45) is 0 Å². The molecular weight excluding hydrogens is 324 g/mol. The minimum atomic E-state index is -0.331. The first kappa shape index (κ1) is 19.7. The summed E-state index contributed by atoms with van der Waals surface area (Å²) in [6.45, 7) is 12.3. The van der Waals surface area contributed by atoms with Crippen molar-refractivity contribution in [1.82, 2.24) is 10.9 Å². The maximum atomic E-state index is 12.7. The Balaban J connectivity index is 2.18. The van der Waals surface area contributed by atoms with Gasteiger partial charge >= 0.3 is 0 Å². The van der Waals surface area contributed by atoms with E-state index in [1.807, 2.05) is 32.0 Å². The van der Waals surface area contributed by atoms with Gasteiger partial charge in [0.25, 0.3) is 11.8 Å². The van der Waals surface area contributed by atoms with Crippen molar-refractivity contribution in [3.63, 3.8) is 0 Å². The van der Waals surface area contributed by atoms with E-state index in [2.05, 4.69) is 44.6 Å². The number of hydrogen-bond acceptors (Lipinski definition) is 2. The van der Waals surface area contributed by atoms with Gasteiger partial charge in [-0.3, -0.25) is 20.4 Å². The minimum absolute atomic E-state index is 0.176. The first-order valence-electron chi connectivity index (χ1n) is 8.94. The van der Waals surface area contributed by atoms with Crippen LogP contribution in [0.25, 0.3) is 0 Å². The normalized spacial score (nSPS) is 11.2. The molecule has 0 aliphatic heterocycles. The second-order valence-corrected chi connectivity index (χ2v) is 7.71. The van der Waals surface area contributed by atoms with E-state index in [9.17, 15) is 9.59 Å². The first-order chi connectivity index (χ1) is 12.1. The summed E-state index contributed by atoms with van der Waals surface area (Å²) in [5, 5.41) is 0.